The van der Waals surface area contributed by atoms with E-state index in [1.165, 1.54) is 19.1 Å². The van der Waals surface area contributed by atoms with E-state index >= 15 is 0 Å². The van der Waals surface area contributed by atoms with Crippen molar-refractivity contribution < 1.29 is 13.9 Å². The smallest absolute Gasteiger partial charge is 0.132 e. The molecule has 1 unspecified atom stereocenters. The number of hydrogen-bond donors (Lipinski definition) is 1. The summed E-state index contributed by atoms with van der Waals surface area (Å²) in [5.41, 5.74) is 0.716. The number of aliphatic hydroxyl groups excluding tert-OH is 1. The Morgan fingerprint density at radius 2 is 1.79 bits per heavy atom. The normalized spacial score (nSPS) is 12.5. The first-order valence-electron chi connectivity index (χ1n) is 5.48. The highest BCUT2D eigenvalue weighted by atomic mass is 79.9. The van der Waals surface area contributed by atoms with E-state index < -0.39 is 17.7 Å². The van der Waals surface area contributed by atoms with Gasteiger partial charge in [-0.3, -0.25) is 0 Å². The molecule has 2 aromatic carbocycles. The molecule has 100 valence electrons. The van der Waals surface area contributed by atoms with Crippen LogP contribution in [0.5, 0.6) is 0 Å². The second-order valence-electron chi connectivity index (χ2n) is 4.19. The fourth-order valence-corrected chi connectivity index (χ4v) is 2.42. The number of rotatable bonds is 2. The quantitative estimate of drug-likeness (QED) is 0.829. The Morgan fingerprint density at radius 3 is 2.47 bits per heavy atom. The Labute approximate surface area is 123 Å². The van der Waals surface area contributed by atoms with Gasteiger partial charge in [0.25, 0.3) is 0 Å². The predicted molar refractivity (Wildman–Crippen MR) is 74.3 cm³/mol. The van der Waals surface area contributed by atoms with E-state index in [2.05, 4.69) is 15.9 Å². The van der Waals surface area contributed by atoms with E-state index in [1.807, 2.05) is 0 Å². The second kappa shape index (κ2) is 5.57. The van der Waals surface area contributed by atoms with Crippen LogP contribution in [0.3, 0.4) is 0 Å². The van der Waals surface area contributed by atoms with Crippen molar-refractivity contribution in [2.45, 2.75) is 13.0 Å². The van der Waals surface area contributed by atoms with Gasteiger partial charge in [0, 0.05) is 26.7 Å². The molecule has 0 bridgehead atoms. The Kier molecular flexibility index (Phi) is 4.23. The monoisotopic (exact) mass is 346 g/mol. The molecule has 5 heteroatoms. The lowest BCUT2D eigenvalue weighted by Crippen LogP contribution is -2.05. The highest BCUT2D eigenvalue weighted by molar-refractivity contribution is 9.10. The van der Waals surface area contributed by atoms with Crippen molar-refractivity contribution >= 4 is 27.5 Å². The van der Waals surface area contributed by atoms with Crippen LogP contribution in [0.1, 0.15) is 22.8 Å². The first kappa shape index (κ1) is 14.4. The van der Waals surface area contributed by atoms with Crippen molar-refractivity contribution in [3.05, 3.63) is 68.2 Å². The standard InChI is InChI=1S/C14H10BrClF2O/c1-7-4-10(13(18)6-12(7)17)14(19)9-5-8(16)2-3-11(9)15/h2-6,14,19H,1H3. The number of aliphatic hydroxyl groups is 1. The summed E-state index contributed by atoms with van der Waals surface area (Å²) in [5.74, 6) is -1.43. The summed E-state index contributed by atoms with van der Waals surface area (Å²) in [4.78, 5) is 0. The first-order valence-corrected chi connectivity index (χ1v) is 6.66. The largest absolute Gasteiger partial charge is 0.384 e. The Hall–Kier alpha value is -0.970. The molecule has 0 aliphatic heterocycles. The van der Waals surface area contributed by atoms with Gasteiger partial charge >= 0.3 is 0 Å². The highest BCUT2D eigenvalue weighted by Gasteiger charge is 2.19. The Balaban J connectivity index is 2.52. The molecular formula is C14H10BrClF2O. The van der Waals surface area contributed by atoms with E-state index in [4.69, 9.17) is 11.6 Å². The molecule has 19 heavy (non-hydrogen) atoms. The summed E-state index contributed by atoms with van der Waals surface area (Å²) >= 11 is 9.13. The maximum atomic E-state index is 13.8. The van der Waals surface area contributed by atoms with Crippen LogP contribution in [0.2, 0.25) is 5.02 Å². The number of halogens is 4. The van der Waals surface area contributed by atoms with Crippen LogP contribution in [-0.2, 0) is 0 Å². The molecular weight excluding hydrogens is 338 g/mol. The maximum absolute atomic E-state index is 13.8. The molecule has 1 nitrogen and oxygen atoms in total. The van der Waals surface area contributed by atoms with Crippen LogP contribution >= 0.6 is 27.5 Å². The SMILES string of the molecule is Cc1cc(C(O)c2cc(Cl)ccc2Br)c(F)cc1F. The van der Waals surface area contributed by atoms with Gasteiger partial charge in [-0.25, -0.2) is 8.78 Å². The molecule has 0 aliphatic carbocycles. The summed E-state index contributed by atoms with van der Waals surface area (Å²) in [6.45, 7) is 1.51. The zero-order valence-electron chi connectivity index (χ0n) is 9.92. The van der Waals surface area contributed by atoms with Gasteiger partial charge in [0.1, 0.15) is 17.7 Å². The topological polar surface area (TPSA) is 20.2 Å². The van der Waals surface area contributed by atoms with E-state index in [1.54, 1.807) is 12.1 Å². The lowest BCUT2D eigenvalue weighted by atomic mass is 9.99. The van der Waals surface area contributed by atoms with Crippen molar-refractivity contribution in [3.63, 3.8) is 0 Å². The highest BCUT2D eigenvalue weighted by Crippen LogP contribution is 2.32. The lowest BCUT2D eigenvalue weighted by Gasteiger charge is -2.15. The average Bonchev–Trinajstić information content (AvgIpc) is 2.36. The average molecular weight is 348 g/mol. The molecule has 2 rings (SSSR count). The third kappa shape index (κ3) is 2.96. The van der Waals surface area contributed by atoms with Crippen LogP contribution in [0.25, 0.3) is 0 Å². The number of benzene rings is 2. The van der Waals surface area contributed by atoms with Gasteiger partial charge < -0.3 is 5.11 Å². The third-order valence-electron chi connectivity index (χ3n) is 2.83. The minimum Gasteiger partial charge on any atom is -0.384 e. The maximum Gasteiger partial charge on any atom is 0.132 e. The van der Waals surface area contributed by atoms with Crippen molar-refractivity contribution in [2.75, 3.05) is 0 Å². The molecule has 0 amide bonds. The fraction of sp³-hybridized carbons (Fsp3) is 0.143. The van der Waals surface area contributed by atoms with Gasteiger partial charge in [-0.1, -0.05) is 27.5 Å². The molecule has 0 aliphatic rings. The van der Waals surface area contributed by atoms with E-state index in [0.717, 1.165) is 6.07 Å². The Bertz CT molecular complexity index is 631. The Morgan fingerprint density at radius 1 is 1.11 bits per heavy atom. The minimum atomic E-state index is -1.22. The molecule has 0 aromatic heterocycles. The molecule has 0 spiro atoms. The zero-order chi connectivity index (χ0) is 14.2. The fourth-order valence-electron chi connectivity index (χ4n) is 1.78. The molecule has 0 saturated carbocycles. The third-order valence-corrected chi connectivity index (χ3v) is 3.78. The first-order chi connectivity index (χ1) is 8.90. The molecule has 0 fully saturated rings. The lowest BCUT2D eigenvalue weighted by molar-refractivity contribution is 0.214. The van der Waals surface area contributed by atoms with Crippen molar-refractivity contribution in [3.8, 4) is 0 Å². The van der Waals surface area contributed by atoms with Crippen molar-refractivity contribution in [2.24, 2.45) is 0 Å². The van der Waals surface area contributed by atoms with Crippen molar-refractivity contribution in [1.29, 1.82) is 0 Å². The van der Waals surface area contributed by atoms with Gasteiger partial charge in [0.2, 0.25) is 0 Å². The van der Waals surface area contributed by atoms with Gasteiger partial charge in [-0.05, 0) is 36.8 Å². The molecule has 1 N–H and O–H groups in total. The van der Waals surface area contributed by atoms with Crippen LogP contribution in [0, 0.1) is 18.6 Å². The van der Waals surface area contributed by atoms with Crippen LogP contribution in [-0.4, -0.2) is 5.11 Å². The van der Waals surface area contributed by atoms with Crippen LogP contribution in [0.4, 0.5) is 8.78 Å². The summed E-state index contributed by atoms with van der Waals surface area (Å²) in [6, 6.07) is 6.91. The van der Waals surface area contributed by atoms with Gasteiger partial charge in [-0.15, -0.1) is 0 Å². The van der Waals surface area contributed by atoms with Gasteiger partial charge in [0.05, 0.1) is 0 Å². The summed E-state index contributed by atoms with van der Waals surface area (Å²) in [5, 5.41) is 10.7. The summed E-state index contributed by atoms with van der Waals surface area (Å²) in [6.07, 6.45) is -1.22. The predicted octanol–water partition coefficient (Wildman–Crippen LogP) is 4.77. The molecule has 0 heterocycles. The van der Waals surface area contributed by atoms with E-state index in [-0.39, 0.29) is 11.1 Å². The van der Waals surface area contributed by atoms with E-state index in [0.29, 0.717) is 15.1 Å². The molecule has 0 saturated heterocycles. The molecule has 0 radical (unpaired) electrons. The van der Waals surface area contributed by atoms with Gasteiger partial charge in [-0.2, -0.15) is 0 Å². The number of hydrogen-bond acceptors (Lipinski definition) is 1. The minimum absolute atomic E-state index is 0.0156. The van der Waals surface area contributed by atoms with Crippen LogP contribution in [0.15, 0.2) is 34.8 Å². The second-order valence-corrected chi connectivity index (χ2v) is 5.48. The van der Waals surface area contributed by atoms with Gasteiger partial charge in [0.15, 0.2) is 0 Å². The van der Waals surface area contributed by atoms with Crippen LogP contribution < -0.4 is 0 Å². The van der Waals surface area contributed by atoms with Crippen molar-refractivity contribution in [1.82, 2.24) is 0 Å². The summed E-state index contributed by atoms with van der Waals surface area (Å²) < 4.78 is 27.6. The van der Waals surface area contributed by atoms with E-state index in [9.17, 15) is 13.9 Å². The number of aryl methyl sites for hydroxylation is 1. The zero-order valence-corrected chi connectivity index (χ0v) is 12.3. The summed E-state index contributed by atoms with van der Waals surface area (Å²) in [7, 11) is 0. The molecule has 1 atom stereocenters. The molecule has 2 aromatic rings.